The molecule has 3 rings (SSSR count). The van der Waals surface area contributed by atoms with E-state index in [-0.39, 0.29) is 17.9 Å². The van der Waals surface area contributed by atoms with Crippen molar-refractivity contribution >= 4 is 40.8 Å². The minimum atomic E-state index is -0.746. The van der Waals surface area contributed by atoms with E-state index in [9.17, 15) is 14.4 Å². The van der Waals surface area contributed by atoms with Crippen molar-refractivity contribution in [2.24, 2.45) is 0 Å². The van der Waals surface area contributed by atoms with Gasteiger partial charge in [-0.1, -0.05) is 35.9 Å². The number of carbonyl (C=O) groups excluding carboxylic acids is 3. The lowest BCUT2D eigenvalue weighted by molar-refractivity contribution is -0.119. The zero-order valence-corrected chi connectivity index (χ0v) is 20.1. The molecular weight excluding hydrogens is 472 g/mol. The summed E-state index contributed by atoms with van der Waals surface area (Å²) >= 11 is 5.96. The molecule has 0 aliphatic carbocycles. The van der Waals surface area contributed by atoms with Crippen molar-refractivity contribution in [3.8, 4) is 11.5 Å². The molecule has 0 bridgehead atoms. The lowest BCUT2D eigenvalue weighted by Crippen LogP contribution is -2.22. The highest BCUT2D eigenvalue weighted by Gasteiger charge is 2.17. The summed E-state index contributed by atoms with van der Waals surface area (Å²) in [6.45, 7) is -0.533. The number of methoxy groups -OCH3 is 2. The van der Waals surface area contributed by atoms with E-state index in [1.165, 1.54) is 19.2 Å². The molecule has 0 radical (unpaired) electrons. The first kappa shape index (κ1) is 25.6. The monoisotopic (exact) mass is 496 g/mol. The molecule has 0 aromatic heterocycles. The predicted molar refractivity (Wildman–Crippen MR) is 133 cm³/mol. The Labute approximate surface area is 208 Å². The molecule has 2 amide bonds. The van der Waals surface area contributed by atoms with Crippen LogP contribution in [0.25, 0.3) is 0 Å². The van der Waals surface area contributed by atoms with Crippen molar-refractivity contribution in [1.29, 1.82) is 0 Å². The molecule has 0 unspecified atom stereocenters. The smallest absolute Gasteiger partial charge is 0.340 e. The van der Waals surface area contributed by atoms with Crippen molar-refractivity contribution in [1.82, 2.24) is 0 Å². The van der Waals surface area contributed by atoms with Crippen LogP contribution in [0.1, 0.15) is 22.3 Å². The highest BCUT2D eigenvalue weighted by molar-refractivity contribution is 6.31. The fraction of sp³-hybridized carbons (Fsp3) is 0.192. The molecule has 0 fully saturated rings. The number of amides is 2. The van der Waals surface area contributed by atoms with Gasteiger partial charge in [0.05, 0.1) is 31.2 Å². The van der Waals surface area contributed by atoms with Crippen LogP contribution in [0, 0.1) is 0 Å². The Morgan fingerprint density at radius 2 is 1.54 bits per heavy atom. The molecule has 0 saturated heterocycles. The molecule has 182 valence electrons. The Bertz CT molecular complexity index is 1200. The number of hydrogen-bond acceptors (Lipinski definition) is 6. The van der Waals surface area contributed by atoms with E-state index in [0.717, 1.165) is 11.3 Å². The molecule has 8 nitrogen and oxygen atoms in total. The second-order valence-electron chi connectivity index (χ2n) is 7.41. The van der Waals surface area contributed by atoms with Gasteiger partial charge in [-0.15, -0.1) is 0 Å². The maximum absolute atomic E-state index is 12.6. The van der Waals surface area contributed by atoms with Gasteiger partial charge in [0.2, 0.25) is 5.91 Å². The van der Waals surface area contributed by atoms with Crippen LogP contribution >= 0.6 is 11.6 Å². The number of benzene rings is 3. The fourth-order valence-electron chi connectivity index (χ4n) is 3.21. The molecular formula is C26H25ClN2O6. The van der Waals surface area contributed by atoms with Crippen molar-refractivity contribution in [2.75, 3.05) is 31.5 Å². The van der Waals surface area contributed by atoms with Crippen LogP contribution in [0.15, 0.2) is 66.7 Å². The quantitative estimate of drug-likeness (QED) is 0.393. The van der Waals surface area contributed by atoms with Gasteiger partial charge < -0.3 is 24.8 Å². The van der Waals surface area contributed by atoms with E-state index in [4.69, 9.17) is 25.8 Å². The van der Waals surface area contributed by atoms with E-state index < -0.39 is 18.5 Å². The van der Waals surface area contributed by atoms with Gasteiger partial charge in [-0.25, -0.2) is 4.79 Å². The molecule has 0 spiro atoms. The van der Waals surface area contributed by atoms with Crippen molar-refractivity contribution in [3.05, 3.63) is 82.9 Å². The minimum absolute atomic E-state index is 0.137. The average molecular weight is 497 g/mol. The summed E-state index contributed by atoms with van der Waals surface area (Å²) < 4.78 is 15.5. The number of aryl methyl sites for hydroxylation is 1. The maximum atomic E-state index is 12.6. The summed E-state index contributed by atoms with van der Waals surface area (Å²) in [5.74, 6) is -0.418. The maximum Gasteiger partial charge on any atom is 0.340 e. The standard InChI is InChI=1S/C26H25ClN2O6/c1-33-19-11-7-17(8-12-19)9-14-24(30)28-21-6-4-3-5-20(21)26(32)35-16-25(31)29-22-15-18(27)10-13-23(22)34-2/h3-8,10-13,15H,9,14,16H2,1-2H3,(H,28,30)(H,29,31). The van der Waals surface area contributed by atoms with Gasteiger partial charge in [0.15, 0.2) is 6.61 Å². The Kier molecular flexibility index (Phi) is 9.09. The zero-order chi connectivity index (χ0) is 25.2. The lowest BCUT2D eigenvalue weighted by Gasteiger charge is -2.12. The molecule has 0 saturated carbocycles. The molecule has 9 heteroatoms. The van der Waals surface area contributed by atoms with Crippen LogP contribution in [-0.4, -0.2) is 38.6 Å². The Hall–Kier alpha value is -4.04. The van der Waals surface area contributed by atoms with Crippen LogP contribution < -0.4 is 20.1 Å². The molecule has 2 N–H and O–H groups in total. The third-order valence-electron chi connectivity index (χ3n) is 4.99. The highest BCUT2D eigenvalue weighted by Crippen LogP contribution is 2.27. The van der Waals surface area contributed by atoms with Crippen LogP contribution in [0.3, 0.4) is 0 Å². The van der Waals surface area contributed by atoms with Gasteiger partial charge in [-0.3, -0.25) is 9.59 Å². The number of anilines is 2. The van der Waals surface area contributed by atoms with E-state index >= 15 is 0 Å². The Balaban J connectivity index is 1.55. The topological polar surface area (TPSA) is 103 Å². The van der Waals surface area contributed by atoms with Crippen LogP contribution in [0.4, 0.5) is 11.4 Å². The summed E-state index contributed by atoms with van der Waals surface area (Å²) in [5.41, 5.74) is 1.77. The second kappa shape index (κ2) is 12.4. The molecule has 3 aromatic carbocycles. The molecule has 0 aliphatic heterocycles. The number of hydrogen-bond donors (Lipinski definition) is 2. The summed E-state index contributed by atoms with van der Waals surface area (Å²) in [6.07, 6.45) is 0.745. The average Bonchev–Trinajstić information content (AvgIpc) is 2.87. The third-order valence-corrected chi connectivity index (χ3v) is 5.23. The number of ether oxygens (including phenoxy) is 3. The van der Waals surface area contributed by atoms with E-state index in [1.807, 2.05) is 24.3 Å². The van der Waals surface area contributed by atoms with Gasteiger partial charge in [-0.05, 0) is 54.4 Å². The van der Waals surface area contributed by atoms with E-state index in [0.29, 0.717) is 28.6 Å². The number of carbonyl (C=O) groups is 3. The first-order valence-corrected chi connectivity index (χ1v) is 11.1. The predicted octanol–water partition coefficient (Wildman–Crippen LogP) is 4.72. The highest BCUT2D eigenvalue weighted by atomic mass is 35.5. The van der Waals surface area contributed by atoms with E-state index in [2.05, 4.69) is 10.6 Å². The first-order chi connectivity index (χ1) is 16.9. The number of halogens is 1. The molecule has 35 heavy (non-hydrogen) atoms. The normalized spacial score (nSPS) is 10.3. The van der Waals surface area contributed by atoms with Gasteiger partial charge in [-0.2, -0.15) is 0 Å². The van der Waals surface area contributed by atoms with Crippen LogP contribution in [0.5, 0.6) is 11.5 Å². The summed E-state index contributed by atoms with van der Waals surface area (Å²) in [4.78, 5) is 37.4. The zero-order valence-electron chi connectivity index (χ0n) is 19.3. The minimum Gasteiger partial charge on any atom is -0.497 e. The van der Waals surface area contributed by atoms with Gasteiger partial charge in [0, 0.05) is 11.4 Å². The Morgan fingerprint density at radius 1 is 0.829 bits per heavy atom. The molecule has 0 heterocycles. The first-order valence-electron chi connectivity index (χ1n) is 10.7. The number of nitrogens with one attached hydrogen (secondary N) is 2. The number of para-hydroxylation sites is 1. The number of esters is 1. The van der Waals surface area contributed by atoms with Gasteiger partial charge in [0.25, 0.3) is 5.91 Å². The van der Waals surface area contributed by atoms with Gasteiger partial charge >= 0.3 is 5.97 Å². The largest absolute Gasteiger partial charge is 0.497 e. The molecule has 0 atom stereocenters. The summed E-state index contributed by atoms with van der Waals surface area (Å²) in [6, 6.07) is 18.6. The Morgan fingerprint density at radius 3 is 2.26 bits per heavy atom. The molecule has 0 aliphatic rings. The van der Waals surface area contributed by atoms with Crippen LogP contribution in [0.2, 0.25) is 5.02 Å². The number of rotatable bonds is 10. The van der Waals surface area contributed by atoms with Crippen molar-refractivity contribution < 1.29 is 28.6 Å². The third kappa shape index (κ3) is 7.48. The summed E-state index contributed by atoms with van der Waals surface area (Å²) in [5, 5.41) is 5.74. The van der Waals surface area contributed by atoms with Gasteiger partial charge in [0.1, 0.15) is 11.5 Å². The SMILES string of the molecule is COc1ccc(CCC(=O)Nc2ccccc2C(=O)OCC(=O)Nc2cc(Cl)ccc2OC)cc1. The van der Waals surface area contributed by atoms with Crippen molar-refractivity contribution in [3.63, 3.8) is 0 Å². The van der Waals surface area contributed by atoms with Crippen molar-refractivity contribution in [2.45, 2.75) is 12.8 Å². The molecule has 3 aromatic rings. The second-order valence-corrected chi connectivity index (χ2v) is 7.85. The van der Waals surface area contributed by atoms with E-state index in [1.54, 1.807) is 37.4 Å². The van der Waals surface area contributed by atoms with Crippen LogP contribution in [-0.2, 0) is 20.7 Å². The fourth-order valence-corrected chi connectivity index (χ4v) is 3.38. The summed E-state index contributed by atoms with van der Waals surface area (Å²) in [7, 11) is 3.05. The lowest BCUT2D eigenvalue weighted by atomic mass is 10.1.